The number of aromatic nitrogens is 2. The highest BCUT2D eigenvalue weighted by atomic mass is 16.2. The molecule has 1 heterocycles. The number of hydrogen-bond donors (Lipinski definition) is 1. The average Bonchev–Trinajstić information content (AvgIpc) is 2.87. The first-order valence-corrected chi connectivity index (χ1v) is 7.02. The van der Waals surface area contributed by atoms with Gasteiger partial charge in [-0.05, 0) is 25.8 Å². The van der Waals surface area contributed by atoms with E-state index in [1.54, 1.807) is 11.1 Å². The van der Waals surface area contributed by atoms with Crippen molar-refractivity contribution in [3.63, 3.8) is 0 Å². The predicted octanol–water partition coefficient (Wildman–Crippen LogP) is 1.25. The van der Waals surface area contributed by atoms with Crippen molar-refractivity contribution in [2.45, 2.75) is 44.7 Å². The third kappa shape index (κ3) is 3.35. The van der Waals surface area contributed by atoms with Crippen molar-refractivity contribution in [3.8, 4) is 0 Å². The van der Waals surface area contributed by atoms with E-state index in [2.05, 4.69) is 5.10 Å². The molecule has 1 aromatic heterocycles. The summed E-state index contributed by atoms with van der Waals surface area (Å²) in [7, 11) is 1.86. The molecule has 0 aliphatic heterocycles. The number of likely N-dealkylation sites (N-methyl/N-ethyl adjacent to an activating group) is 1. The third-order valence-electron chi connectivity index (χ3n) is 4.15. The number of rotatable bonds is 4. The van der Waals surface area contributed by atoms with Crippen LogP contribution in [-0.2, 0) is 11.3 Å². The highest BCUT2D eigenvalue weighted by Crippen LogP contribution is 2.32. The van der Waals surface area contributed by atoms with Gasteiger partial charge in [-0.1, -0.05) is 12.8 Å². The summed E-state index contributed by atoms with van der Waals surface area (Å²) >= 11 is 0. The molecular formula is C14H24N4O. The number of hydrogen-bond acceptors (Lipinski definition) is 3. The second-order valence-corrected chi connectivity index (χ2v) is 5.83. The Morgan fingerprint density at radius 1 is 1.58 bits per heavy atom. The zero-order chi connectivity index (χ0) is 13.9. The molecule has 2 atom stereocenters. The molecule has 0 saturated heterocycles. The Morgan fingerprint density at radius 2 is 2.37 bits per heavy atom. The van der Waals surface area contributed by atoms with Crippen LogP contribution in [0, 0.1) is 5.92 Å². The Balaban J connectivity index is 1.90. The summed E-state index contributed by atoms with van der Waals surface area (Å²) in [5.74, 6) is 0.140. The highest BCUT2D eigenvalue weighted by molar-refractivity contribution is 5.80. The molecule has 2 N–H and O–H groups in total. The fraction of sp³-hybridized carbons (Fsp3) is 0.714. The normalized spacial score (nSPS) is 27.2. The first-order valence-electron chi connectivity index (χ1n) is 7.02. The molecule has 1 aromatic rings. The summed E-state index contributed by atoms with van der Waals surface area (Å²) in [5.41, 5.74) is 5.93. The maximum Gasteiger partial charge on any atom is 0.227 e. The number of amides is 1. The third-order valence-corrected chi connectivity index (χ3v) is 4.15. The molecule has 1 saturated carbocycles. The van der Waals surface area contributed by atoms with E-state index in [1.807, 2.05) is 30.9 Å². The summed E-state index contributed by atoms with van der Waals surface area (Å²) < 4.78 is 1.84. The molecule has 1 fully saturated rings. The van der Waals surface area contributed by atoms with Crippen molar-refractivity contribution in [2.75, 3.05) is 13.6 Å². The molecule has 5 heteroatoms. The van der Waals surface area contributed by atoms with E-state index in [0.29, 0.717) is 6.54 Å². The van der Waals surface area contributed by atoms with Gasteiger partial charge in [-0.25, -0.2) is 0 Å². The second-order valence-electron chi connectivity index (χ2n) is 5.83. The van der Waals surface area contributed by atoms with Gasteiger partial charge in [0.05, 0.1) is 12.5 Å². The standard InChI is InChI=1S/C14H24N4O/c1-14(15)7-4-3-6-12(14)13(19)17(2)10-11-18-9-5-8-16-18/h5,8-9,12H,3-4,6-7,10-11,15H2,1-2H3. The first-order chi connectivity index (χ1) is 9.00. The van der Waals surface area contributed by atoms with Crippen LogP contribution in [0.2, 0.25) is 0 Å². The van der Waals surface area contributed by atoms with Crippen molar-refractivity contribution in [1.82, 2.24) is 14.7 Å². The topological polar surface area (TPSA) is 64.2 Å². The largest absolute Gasteiger partial charge is 0.344 e. The van der Waals surface area contributed by atoms with Crippen LogP contribution in [0.15, 0.2) is 18.5 Å². The van der Waals surface area contributed by atoms with Crippen LogP contribution in [0.4, 0.5) is 0 Å². The van der Waals surface area contributed by atoms with Gasteiger partial charge in [0.1, 0.15) is 0 Å². The predicted molar refractivity (Wildman–Crippen MR) is 74.4 cm³/mol. The smallest absolute Gasteiger partial charge is 0.227 e. The summed E-state index contributed by atoms with van der Waals surface area (Å²) in [5, 5.41) is 4.14. The molecule has 1 amide bonds. The molecule has 2 unspecified atom stereocenters. The summed E-state index contributed by atoms with van der Waals surface area (Å²) in [6, 6.07) is 1.89. The molecule has 2 rings (SSSR count). The lowest BCUT2D eigenvalue weighted by atomic mass is 9.74. The zero-order valence-electron chi connectivity index (χ0n) is 11.9. The van der Waals surface area contributed by atoms with E-state index in [4.69, 9.17) is 5.73 Å². The summed E-state index contributed by atoms with van der Waals surface area (Å²) in [6.07, 6.45) is 7.75. The maximum absolute atomic E-state index is 12.5. The van der Waals surface area contributed by atoms with E-state index >= 15 is 0 Å². The van der Waals surface area contributed by atoms with Crippen LogP contribution in [0.3, 0.4) is 0 Å². The molecule has 1 aliphatic carbocycles. The molecule has 0 spiro atoms. The van der Waals surface area contributed by atoms with Gasteiger partial charge in [-0.15, -0.1) is 0 Å². The monoisotopic (exact) mass is 264 g/mol. The van der Waals surface area contributed by atoms with Crippen molar-refractivity contribution in [3.05, 3.63) is 18.5 Å². The second kappa shape index (κ2) is 5.74. The van der Waals surface area contributed by atoms with Gasteiger partial charge in [-0.3, -0.25) is 9.48 Å². The van der Waals surface area contributed by atoms with Crippen molar-refractivity contribution in [1.29, 1.82) is 0 Å². The van der Waals surface area contributed by atoms with E-state index < -0.39 is 0 Å². The Kier molecular flexibility index (Phi) is 4.24. The minimum atomic E-state index is -0.352. The minimum absolute atomic E-state index is 0.0381. The lowest BCUT2D eigenvalue weighted by Gasteiger charge is -2.39. The van der Waals surface area contributed by atoms with Crippen LogP contribution in [-0.4, -0.2) is 39.7 Å². The van der Waals surface area contributed by atoms with Crippen molar-refractivity contribution < 1.29 is 4.79 Å². The number of carbonyl (C=O) groups excluding carboxylic acids is 1. The molecule has 1 aliphatic rings. The fourth-order valence-electron chi connectivity index (χ4n) is 2.83. The molecule has 5 nitrogen and oxygen atoms in total. The summed E-state index contributed by atoms with van der Waals surface area (Å²) in [6.45, 7) is 3.41. The van der Waals surface area contributed by atoms with Gasteiger partial charge >= 0.3 is 0 Å². The van der Waals surface area contributed by atoms with Crippen molar-refractivity contribution in [2.24, 2.45) is 11.7 Å². The molecular weight excluding hydrogens is 240 g/mol. The Morgan fingerprint density at radius 3 is 3.00 bits per heavy atom. The van der Waals surface area contributed by atoms with Gasteiger partial charge in [0.2, 0.25) is 5.91 Å². The Labute approximate surface area is 114 Å². The average molecular weight is 264 g/mol. The van der Waals surface area contributed by atoms with Crippen molar-refractivity contribution >= 4 is 5.91 Å². The van der Waals surface area contributed by atoms with Crippen LogP contribution < -0.4 is 5.73 Å². The van der Waals surface area contributed by atoms with Crippen LogP contribution >= 0.6 is 0 Å². The van der Waals surface area contributed by atoms with Gasteiger partial charge in [0.25, 0.3) is 0 Å². The maximum atomic E-state index is 12.5. The van der Waals surface area contributed by atoms with Gasteiger partial charge in [0, 0.05) is 31.5 Å². The van der Waals surface area contributed by atoms with Gasteiger partial charge in [-0.2, -0.15) is 5.10 Å². The lowest BCUT2D eigenvalue weighted by Crippen LogP contribution is -2.53. The van der Waals surface area contributed by atoms with Crippen LogP contribution in [0.5, 0.6) is 0 Å². The minimum Gasteiger partial charge on any atom is -0.344 e. The number of nitrogens with zero attached hydrogens (tertiary/aromatic N) is 3. The van der Waals surface area contributed by atoms with E-state index in [-0.39, 0.29) is 17.4 Å². The quantitative estimate of drug-likeness (QED) is 0.890. The van der Waals surface area contributed by atoms with Gasteiger partial charge < -0.3 is 10.6 Å². The van der Waals surface area contributed by atoms with E-state index in [0.717, 1.165) is 32.2 Å². The SMILES string of the molecule is CN(CCn1cccn1)C(=O)C1CCCCC1(C)N. The molecule has 0 bridgehead atoms. The molecule has 19 heavy (non-hydrogen) atoms. The van der Waals surface area contributed by atoms with E-state index in [9.17, 15) is 4.79 Å². The molecule has 106 valence electrons. The molecule has 0 radical (unpaired) electrons. The Bertz CT molecular complexity index is 413. The van der Waals surface area contributed by atoms with Crippen LogP contribution in [0.25, 0.3) is 0 Å². The molecule has 0 aromatic carbocycles. The summed E-state index contributed by atoms with van der Waals surface area (Å²) in [4.78, 5) is 14.3. The first kappa shape index (κ1) is 14.1. The van der Waals surface area contributed by atoms with Gasteiger partial charge in [0.15, 0.2) is 0 Å². The van der Waals surface area contributed by atoms with Crippen LogP contribution in [0.1, 0.15) is 32.6 Å². The Hall–Kier alpha value is -1.36. The lowest BCUT2D eigenvalue weighted by molar-refractivity contribution is -0.137. The van der Waals surface area contributed by atoms with E-state index in [1.165, 1.54) is 0 Å². The highest BCUT2D eigenvalue weighted by Gasteiger charge is 2.38. The number of carbonyl (C=O) groups is 1. The zero-order valence-corrected chi connectivity index (χ0v) is 11.9. The fourth-order valence-corrected chi connectivity index (χ4v) is 2.83. The number of nitrogens with two attached hydrogens (primary N) is 1.